The Bertz CT molecular complexity index is 738. The monoisotopic (exact) mass is 382 g/mol. The summed E-state index contributed by atoms with van der Waals surface area (Å²) in [5, 5.41) is 0. The van der Waals surface area contributed by atoms with Crippen molar-refractivity contribution in [2.45, 2.75) is 37.5 Å². The molecule has 0 aromatic heterocycles. The molecule has 0 atom stereocenters. The van der Waals surface area contributed by atoms with Gasteiger partial charge in [0, 0.05) is 18.8 Å². The fourth-order valence-electron chi connectivity index (χ4n) is 4.02. The van der Waals surface area contributed by atoms with Crippen LogP contribution >= 0.6 is 0 Å². The van der Waals surface area contributed by atoms with Crippen molar-refractivity contribution in [2.24, 2.45) is 5.41 Å². The molecule has 0 N–H and O–H groups in total. The molecule has 2 heterocycles. The molecule has 1 saturated carbocycles. The highest BCUT2D eigenvalue weighted by atomic mass is 19.4. The van der Waals surface area contributed by atoms with E-state index >= 15 is 0 Å². The van der Waals surface area contributed by atoms with Crippen molar-refractivity contribution in [1.82, 2.24) is 4.90 Å². The third-order valence-electron chi connectivity index (χ3n) is 5.98. The van der Waals surface area contributed by atoms with Gasteiger partial charge in [-0.2, -0.15) is 13.2 Å². The van der Waals surface area contributed by atoms with Gasteiger partial charge in [-0.3, -0.25) is 9.59 Å². The summed E-state index contributed by atoms with van der Waals surface area (Å²) in [6.45, 7) is 0.721. The average molecular weight is 382 g/mol. The molecular weight excluding hydrogens is 361 g/mol. The van der Waals surface area contributed by atoms with E-state index in [-0.39, 0.29) is 38.4 Å². The third-order valence-corrected chi connectivity index (χ3v) is 5.98. The lowest BCUT2D eigenvalue weighted by Gasteiger charge is -2.47. The third kappa shape index (κ3) is 3.09. The van der Waals surface area contributed by atoms with E-state index in [9.17, 15) is 22.8 Å². The molecule has 3 fully saturated rings. The average Bonchev–Trinajstić information content (AvgIpc) is 3.47. The van der Waals surface area contributed by atoms with Crippen LogP contribution in [0.2, 0.25) is 0 Å². The van der Waals surface area contributed by atoms with Crippen LogP contribution in [0.15, 0.2) is 30.3 Å². The van der Waals surface area contributed by atoms with Crippen molar-refractivity contribution in [3.63, 3.8) is 0 Å². The molecule has 2 saturated heterocycles. The van der Waals surface area contributed by atoms with Crippen LogP contribution in [-0.2, 0) is 14.3 Å². The van der Waals surface area contributed by atoms with Gasteiger partial charge in [0.25, 0.3) is 5.91 Å². The predicted octanol–water partition coefficient (Wildman–Crippen LogP) is 2.75. The van der Waals surface area contributed by atoms with E-state index in [1.807, 2.05) is 30.3 Å². The molecule has 2 amide bonds. The second-order valence-electron chi connectivity index (χ2n) is 7.66. The zero-order chi connectivity index (χ0) is 19.3. The van der Waals surface area contributed by atoms with Gasteiger partial charge in [0.05, 0.1) is 12.1 Å². The maximum atomic E-state index is 13.2. The van der Waals surface area contributed by atoms with Gasteiger partial charge in [-0.1, -0.05) is 18.2 Å². The fraction of sp³-hybridized carbons (Fsp3) is 0.579. The minimum Gasteiger partial charge on any atom is -0.363 e. The van der Waals surface area contributed by atoms with Gasteiger partial charge in [-0.15, -0.1) is 0 Å². The Morgan fingerprint density at radius 3 is 2.22 bits per heavy atom. The molecule has 8 heteroatoms. The van der Waals surface area contributed by atoms with Crippen LogP contribution in [0, 0.1) is 5.41 Å². The summed E-state index contributed by atoms with van der Waals surface area (Å²) in [4.78, 5) is 27.7. The lowest BCUT2D eigenvalue weighted by atomic mass is 9.88. The minimum atomic E-state index is -4.49. The van der Waals surface area contributed by atoms with Crippen LogP contribution in [0.3, 0.4) is 0 Å². The first kappa shape index (κ1) is 18.3. The maximum absolute atomic E-state index is 13.2. The van der Waals surface area contributed by atoms with Crippen LogP contribution in [0.4, 0.5) is 18.9 Å². The maximum Gasteiger partial charge on any atom is 0.403 e. The number of halogens is 3. The molecule has 1 aromatic carbocycles. The van der Waals surface area contributed by atoms with Gasteiger partial charge in [0.2, 0.25) is 5.91 Å². The molecule has 0 radical (unpaired) electrons. The number of piperidine rings is 1. The SMILES string of the molecule is O=C1COC2(CCN(C(=O)C3(C(F)(F)F)CC3)CC2)CN1c1ccccc1. The molecular formula is C19H21F3N2O3. The van der Waals surface area contributed by atoms with E-state index in [4.69, 9.17) is 4.74 Å². The zero-order valence-electron chi connectivity index (χ0n) is 14.8. The number of morpholine rings is 1. The van der Waals surface area contributed by atoms with Crippen molar-refractivity contribution >= 4 is 17.5 Å². The van der Waals surface area contributed by atoms with Gasteiger partial charge < -0.3 is 14.5 Å². The summed E-state index contributed by atoms with van der Waals surface area (Å²) < 4.78 is 45.5. The van der Waals surface area contributed by atoms with E-state index in [1.54, 1.807) is 4.90 Å². The highest BCUT2D eigenvalue weighted by Gasteiger charge is 2.69. The Kier molecular flexibility index (Phi) is 4.21. The number of alkyl halides is 3. The molecule has 27 heavy (non-hydrogen) atoms. The smallest absolute Gasteiger partial charge is 0.363 e. The fourth-order valence-corrected chi connectivity index (χ4v) is 4.02. The number of ether oxygens (including phenoxy) is 1. The van der Waals surface area contributed by atoms with Crippen LogP contribution < -0.4 is 4.90 Å². The minimum absolute atomic E-state index is 0.0602. The molecule has 2 aliphatic heterocycles. The molecule has 0 bridgehead atoms. The summed E-state index contributed by atoms with van der Waals surface area (Å²) in [6, 6.07) is 9.24. The standard InChI is InChI=1S/C19H21F3N2O3/c20-19(21,22)18(6-7-18)16(26)23-10-8-17(9-11-23)13-24(15(25)12-27-17)14-4-2-1-3-5-14/h1-5H,6-13H2. The lowest BCUT2D eigenvalue weighted by Crippen LogP contribution is -2.60. The van der Waals surface area contributed by atoms with Gasteiger partial charge in [0.15, 0.2) is 0 Å². The Balaban J connectivity index is 1.44. The first-order valence-corrected chi connectivity index (χ1v) is 9.12. The summed E-state index contributed by atoms with van der Waals surface area (Å²) >= 11 is 0. The van der Waals surface area contributed by atoms with Crippen molar-refractivity contribution in [2.75, 3.05) is 31.1 Å². The second kappa shape index (κ2) is 6.22. The number of hydrogen-bond donors (Lipinski definition) is 0. The molecule has 1 aromatic rings. The van der Waals surface area contributed by atoms with Crippen LogP contribution in [0.5, 0.6) is 0 Å². The first-order chi connectivity index (χ1) is 12.8. The number of rotatable bonds is 2. The normalized spacial score (nSPS) is 24.2. The Morgan fingerprint density at radius 1 is 1.04 bits per heavy atom. The molecule has 146 valence electrons. The topological polar surface area (TPSA) is 49.9 Å². The number of carbonyl (C=O) groups is 2. The van der Waals surface area contributed by atoms with Crippen LogP contribution in [0.1, 0.15) is 25.7 Å². The number of hydrogen-bond acceptors (Lipinski definition) is 3. The summed E-state index contributed by atoms with van der Waals surface area (Å²) in [6.07, 6.45) is -3.89. The Labute approximate surface area is 155 Å². The zero-order valence-corrected chi connectivity index (χ0v) is 14.8. The number of likely N-dealkylation sites (tertiary alicyclic amines) is 1. The highest BCUT2D eigenvalue weighted by Crippen LogP contribution is 2.58. The molecule has 3 aliphatic rings. The Hall–Kier alpha value is -2.09. The van der Waals surface area contributed by atoms with Crippen LogP contribution in [-0.4, -0.2) is 54.7 Å². The number of para-hydroxylation sites is 1. The Morgan fingerprint density at radius 2 is 1.67 bits per heavy atom. The molecule has 5 nitrogen and oxygen atoms in total. The highest BCUT2D eigenvalue weighted by molar-refractivity contribution is 5.95. The van der Waals surface area contributed by atoms with Gasteiger partial charge in [-0.25, -0.2) is 0 Å². The number of amides is 2. The van der Waals surface area contributed by atoms with E-state index in [2.05, 4.69) is 0 Å². The second-order valence-corrected chi connectivity index (χ2v) is 7.66. The van der Waals surface area contributed by atoms with E-state index in [0.29, 0.717) is 19.4 Å². The summed E-state index contributed by atoms with van der Waals surface area (Å²) in [5.74, 6) is -0.948. The van der Waals surface area contributed by atoms with Crippen molar-refractivity contribution < 1.29 is 27.5 Å². The summed E-state index contributed by atoms with van der Waals surface area (Å²) in [7, 11) is 0. The lowest BCUT2D eigenvalue weighted by molar-refractivity contribution is -0.201. The molecule has 1 aliphatic carbocycles. The van der Waals surface area contributed by atoms with Crippen LogP contribution in [0.25, 0.3) is 0 Å². The quantitative estimate of drug-likeness (QED) is 0.790. The predicted molar refractivity (Wildman–Crippen MR) is 91.0 cm³/mol. The molecule has 1 spiro atoms. The molecule has 4 rings (SSSR count). The van der Waals surface area contributed by atoms with E-state index < -0.39 is 23.1 Å². The molecule has 0 unspecified atom stereocenters. The van der Waals surface area contributed by atoms with Gasteiger partial charge in [-0.05, 0) is 37.8 Å². The summed E-state index contributed by atoms with van der Waals surface area (Å²) in [5.41, 5.74) is -2.01. The van der Waals surface area contributed by atoms with E-state index in [0.717, 1.165) is 5.69 Å². The number of carbonyl (C=O) groups excluding carboxylic acids is 2. The van der Waals surface area contributed by atoms with E-state index in [1.165, 1.54) is 4.90 Å². The van der Waals surface area contributed by atoms with Crippen molar-refractivity contribution in [3.05, 3.63) is 30.3 Å². The van der Waals surface area contributed by atoms with Gasteiger partial charge in [0.1, 0.15) is 12.0 Å². The first-order valence-electron chi connectivity index (χ1n) is 9.12. The van der Waals surface area contributed by atoms with Crippen molar-refractivity contribution in [1.29, 1.82) is 0 Å². The number of nitrogens with zero attached hydrogens (tertiary/aromatic N) is 2. The largest absolute Gasteiger partial charge is 0.403 e. The van der Waals surface area contributed by atoms with Crippen molar-refractivity contribution in [3.8, 4) is 0 Å². The van der Waals surface area contributed by atoms with Gasteiger partial charge >= 0.3 is 6.18 Å². The number of anilines is 1. The number of benzene rings is 1.